The number of aliphatic carboxylic acids is 1. The first kappa shape index (κ1) is 18.1. The normalized spacial score (nSPS) is 13.3. The highest BCUT2D eigenvalue weighted by atomic mass is 35.5. The van der Waals surface area contributed by atoms with Gasteiger partial charge in [-0.05, 0) is 24.4 Å². The molecule has 0 amide bonds. The van der Waals surface area contributed by atoms with E-state index >= 15 is 0 Å². The van der Waals surface area contributed by atoms with Crippen LogP contribution in [-0.2, 0) is 9.59 Å². The Morgan fingerprint density at radius 3 is 2.50 bits per heavy atom. The molecule has 0 fully saturated rings. The number of rotatable bonds is 4. The molecule has 1 aliphatic carbocycles. The van der Waals surface area contributed by atoms with Crippen LogP contribution in [-0.4, -0.2) is 26.8 Å². The van der Waals surface area contributed by atoms with Crippen molar-refractivity contribution in [3.63, 3.8) is 0 Å². The van der Waals surface area contributed by atoms with Crippen molar-refractivity contribution in [3.05, 3.63) is 39.9 Å². The number of halogens is 2. The van der Waals surface area contributed by atoms with Crippen LogP contribution >= 0.6 is 23.2 Å². The van der Waals surface area contributed by atoms with E-state index in [0.29, 0.717) is 18.5 Å². The highest BCUT2D eigenvalue weighted by Crippen LogP contribution is 2.26. The number of carbonyl (C=O) groups excluding carboxylic acids is 1. The first-order valence-electron chi connectivity index (χ1n) is 6.62. The summed E-state index contributed by atoms with van der Waals surface area (Å²) in [5.41, 5.74) is 0.426. The van der Waals surface area contributed by atoms with E-state index in [4.69, 9.17) is 28.3 Å². The van der Waals surface area contributed by atoms with Gasteiger partial charge in [-0.3, -0.25) is 4.79 Å². The summed E-state index contributed by atoms with van der Waals surface area (Å²) in [6.07, 6.45) is 5.86. The Bertz CT molecular complexity index is 642. The lowest BCUT2D eigenvalue weighted by Gasteiger charge is -2.16. The number of ketones is 1. The molecule has 2 rings (SSSR count). The largest absolute Gasteiger partial charge is 0.475 e. The van der Waals surface area contributed by atoms with E-state index in [-0.39, 0.29) is 21.7 Å². The van der Waals surface area contributed by atoms with Crippen molar-refractivity contribution in [2.75, 3.05) is 5.32 Å². The number of Topliss-reactive ketones (excluding diaryl/α,β-unsaturated/α-hetero) is 1. The first-order chi connectivity index (χ1) is 10.5. The number of hydrogen-bond donors (Lipinski definition) is 2. The van der Waals surface area contributed by atoms with Crippen molar-refractivity contribution >= 4 is 40.8 Å². The van der Waals surface area contributed by atoms with Crippen LogP contribution in [0.3, 0.4) is 0 Å². The molecule has 22 heavy (non-hydrogen) atoms. The second kappa shape index (κ2) is 8.51. The number of nitrogens with one attached hydrogen (secondary N) is 1. The maximum Gasteiger partial charge on any atom is 0.377 e. The van der Waals surface area contributed by atoms with Crippen molar-refractivity contribution in [3.8, 4) is 0 Å². The van der Waals surface area contributed by atoms with Gasteiger partial charge >= 0.3 is 5.97 Å². The molecule has 118 valence electrons. The van der Waals surface area contributed by atoms with E-state index < -0.39 is 11.8 Å². The Morgan fingerprint density at radius 2 is 1.86 bits per heavy atom. The zero-order chi connectivity index (χ0) is 16.7. The van der Waals surface area contributed by atoms with Crippen molar-refractivity contribution in [1.82, 2.24) is 9.97 Å². The fraction of sp³-hybridized carbons (Fsp3) is 0.286. The molecule has 1 aliphatic rings. The minimum Gasteiger partial charge on any atom is -0.475 e. The van der Waals surface area contributed by atoms with E-state index in [1.165, 1.54) is 6.20 Å². The molecule has 0 aliphatic heterocycles. The Labute approximate surface area is 137 Å². The summed E-state index contributed by atoms with van der Waals surface area (Å²) < 4.78 is 0. The molecular formula is C14H15Cl2N3O3. The molecule has 1 aromatic heterocycles. The number of aromatic nitrogens is 2. The van der Waals surface area contributed by atoms with E-state index in [9.17, 15) is 9.59 Å². The number of anilines is 1. The molecule has 2 N–H and O–H groups in total. The molecule has 0 atom stereocenters. The second-order valence-electron chi connectivity index (χ2n) is 3.91. The molecule has 0 radical (unpaired) electrons. The zero-order valence-electron chi connectivity index (χ0n) is 12.1. The van der Waals surface area contributed by atoms with Crippen LogP contribution in [0.2, 0.25) is 10.3 Å². The van der Waals surface area contributed by atoms with Crippen LogP contribution in [0.15, 0.2) is 29.6 Å². The van der Waals surface area contributed by atoms with Crippen LogP contribution in [0.4, 0.5) is 5.82 Å². The number of carbonyl (C=O) groups is 2. The lowest BCUT2D eigenvalue weighted by molar-refractivity contribution is -0.147. The van der Waals surface area contributed by atoms with Gasteiger partial charge in [-0.2, -0.15) is 4.98 Å². The summed E-state index contributed by atoms with van der Waals surface area (Å²) in [5.74, 6) is -2.29. The number of nitrogens with zero attached hydrogens (tertiary/aromatic N) is 2. The average molecular weight is 344 g/mol. The van der Waals surface area contributed by atoms with Crippen LogP contribution in [0, 0.1) is 0 Å². The molecular weight excluding hydrogens is 329 g/mol. The molecule has 8 heteroatoms. The molecule has 1 heterocycles. The van der Waals surface area contributed by atoms with Crippen LogP contribution < -0.4 is 5.32 Å². The average Bonchev–Trinajstić information content (AvgIpc) is 2.52. The van der Waals surface area contributed by atoms with Gasteiger partial charge in [-0.25, -0.2) is 9.78 Å². The van der Waals surface area contributed by atoms with E-state index in [1.807, 2.05) is 13.8 Å². The van der Waals surface area contributed by atoms with Crippen LogP contribution in [0.25, 0.3) is 0 Å². The molecule has 0 bridgehead atoms. The predicted molar refractivity (Wildman–Crippen MR) is 85.1 cm³/mol. The van der Waals surface area contributed by atoms with Crippen LogP contribution in [0.5, 0.6) is 0 Å². The topological polar surface area (TPSA) is 92.2 Å². The highest BCUT2D eigenvalue weighted by molar-refractivity contribution is 6.41. The monoisotopic (exact) mass is 343 g/mol. The molecule has 0 saturated carbocycles. The van der Waals surface area contributed by atoms with Gasteiger partial charge in [0.15, 0.2) is 5.82 Å². The lowest BCUT2D eigenvalue weighted by Crippen LogP contribution is -2.21. The molecule has 0 unspecified atom stereocenters. The first-order valence-corrected chi connectivity index (χ1v) is 7.38. The zero-order valence-corrected chi connectivity index (χ0v) is 13.6. The van der Waals surface area contributed by atoms with Crippen molar-refractivity contribution in [2.45, 2.75) is 26.7 Å². The maximum absolute atomic E-state index is 11.6. The van der Waals surface area contributed by atoms with Crippen molar-refractivity contribution in [1.29, 1.82) is 0 Å². The van der Waals surface area contributed by atoms with Gasteiger partial charge in [0.25, 0.3) is 5.78 Å². The third-order valence-electron chi connectivity index (χ3n) is 2.56. The minimum atomic E-state index is -1.52. The standard InChI is InChI=1S/C12H9Cl2N3O3.C2H6/c13-7-5-15-12(14)17-10(7)16-8-4-2-1-3-6(8)9(18)11(19)20;1-2/h3-5H,1-2H2,(H,19,20)(H,15,16,17);1-2H3. The number of allylic oxidation sites excluding steroid dienone is 3. The van der Waals surface area contributed by atoms with Gasteiger partial charge in [-0.15, -0.1) is 0 Å². The third-order valence-corrected chi connectivity index (χ3v) is 3.02. The summed E-state index contributed by atoms with van der Waals surface area (Å²) in [6, 6.07) is 0. The fourth-order valence-electron chi connectivity index (χ4n) is 1.68. The Morgan fingerprint density at radius 1 is 1.23 bits per heavy atom. The lowest BCUT2D eigenvalue weighted by atomic mass is 9.99. The molecule has 1 aromatic rings. The van der Waals surface area contributed by atoms with Gasteiger partial charge < -0.3 is 10.4 Å². The quantitative estimate of drug-likeness (QED) is 0.642. The molecule has 6 nitrogen and oxygen atoms in total. The van der Waals surface area contributed by atoms with E-state index in [1.54, 1.807) is 12.2 Å². The fourth-order valence-corrected chi connectivity index (χ4v) is 1.96. The number of hydrogen-bond acceptors (Lipinski definition) is 5. The highest BCUT2D eigenvalue weighted by Gasteiger charge is 2.23. The Hall–Kier alpha value is -1.92. The summed E-state index contributed by atoms with van der Waals surface area (Å²) in [7, 11) is 0. The summed E-state index contributed by atoms with van der Waals surface area (Å²) >= 11 is 11.6. The summed E-state index contributed by atoms with van der Waals surface area (Å²) in [5, 5.41) is 11.8. The van der Waals surface area contributed by atoms with E-state index in [0.717, 1.165) is 0 Å². The second-order valence-corrected chi connectivity index (χ2v) is 4.65. The molecule has 0 saturated heterocycles. The Kier molecular flexibility index (Phi) is 7.01. The van der Waals surface area contributed by atoms with Gasteiger partial charge in [0.05, 0.1) is 6.20 Å². The van der Waals surface area contributed by atoms with Gasteiger partial charge in [-0.1, -0.05) is 37.6 Å². The molecule has 0 spiro atoms. The molecule has 0 aromatic carbocycles. The van der Waals surface area contributed by atoms with Gasteiger partial charge in [0.1, 0.15) is 5.02 Å². The van der Waals surface area contributed by atoms with E-state index in [2.05, 4.69) is 15.3 Å². The number of carboxylic acids is 1. The Balaban J connectivity index is 0.00000116. The minimum absolute atomic E-state index is 0.0107. The maximum atomic E-state index is 11.6. The summed E-state index contributed by atoms with van der Waals surface area (Å²) in [6.45, 7) is 4.00. The SMILES string of the molecule is CC.O=C(O)C(=O)C1=CCCC=C1Nc1nc(Cl)ncc1Cl. The van der Waals surface area contributed by atoms with Crippen molar-refractivity contribution < 1.29 is 14.7 Å². The van der Waals surface area contributed by atoms with Crippen LogP contribution in [0.1, 0.15) is 26.7 Å². The smallest absolute Gasteiger partial charge is 0.377 e. The summed E-state index contributed by atoms with van der Waals surface area (Å²) in [4.78, 5) is 30.0. The van der Waals surface area contributed by atoms with Gasteiger partial charge in [0.2, 0.25) is 5.28 Å². The third kappa shape index (κ3) is 4.54. The van der Waals surface area contributed by atoms with Gasteiger partial charge in [0, 0.05) is 11.3 Å². The number of carboxylic acid groups (broad SMARTS) is 1. The van der Waals surface area contributed by atoms with Crippen molar-refractivity contribution in [2.24, 2.45) is 0 Å². The predicted octanol–water partition coefficient (Wildman–Crippen LogP) is 3.48.